The molecule has 0 radical (unpaired) electrons. The van der Waals surface area contributed by atoms with Crippen LogP contribution in [0.3, 0.4) is 0 Å². The van der Waals surface area contributed by atoms with Crippen molar-refractivity contribution in [2.45, 2.75) is 19.8 Å². The van der Waals surface area contributed by atoms with Crippen molar-refractivity contribution in [3.8, 4) is 5.75 Å². The van der Waals surface area contributed by atoms with Gasteiger partial charge in [-0.2, -0.15) is 0 Å². The van der Waals surface area contributed by atoms with Gasteiger partial charge in [0.05, 0.1) is 7.11 Å². The normalized spacial score (nSPS) is 10.7. The van der Waals surface area contributed by atoms with E-state index in [2.05, 4.69) is 9.97 Å². The lowest BCUT2D eigenvalue weighted by Gasteiger charge is -2.20. The van der Waals surface area contributed by atoms with Crippen LogP contribution in [0.4, 0.5) is 11.5 Å². The number of halogens is 1. The number of benzene rings is 1. The van der Waals surface area contributed by atoms with Crippen LogP contribution >= 0.6 is 11.6 Å². The van der Waals surface area contributed by atoms with Crippen molar-refractivity contribution in [3.63, 3.8) is 0 Å². The van der Waals surface area contributed by atoms with E-state index in [1.807, 2.05) is 50.1 Å². The zero-order chi connectivity index (χ0) is 14.7. The maximum atomic E-state index is 6.08. The predicted molar refractivity (Wildman–Crippen MR) is 82.2 cm³/mol. The quantitative estimate of drug-likeness (QED) is 0.797. The van der Waals surface area contributed by atoms with E-state index in [-0.39, 0.29) is 5.92 Å². The van der Waals surface area contributed by atoms with E-state index in [1.54, 1.807) is 13.2 Å². The number of rotatable bonds is 4. The molecule has 0 amide bonds. The van der Waals surface area contributed by atoms with Gasteiger partial charge in [-0.25, -0.2) is 9.97 Å². The summed E-state index contributed by atoms with van der Waals surface area (Å²) in [5.41, 5.74) is 1.01. The first-order valence-electron chi connectivity index (χ1n) is 6.43. The van der Waals surface area contributed by atoms with Crippen LogP contribution in [0.15, 0.2) is 30.3 Å². The Hall–Kier alpha value is -1.81. The third kappa shape index (κ3) is 3.20. The highest BCUT2D eigenvalue weighted by atomic mass is 35.5. The van der Waals surface area contributed by atoms with E-state index >= 15 is 0 Å². The molecular weight excluding hydrogens is 274 g/mol. The fourth-order valence-corrected chi connectivity index (χ4v) is 1.98. The second kappa shape index (κ2) is 6.09. The first-order chi connectivity index (χ1) is 9.51. The van der Waals surface area contributed by atoms with Crippen LogP contribution in [-0.2, 0) is 0 Å². The Morgan fingerprint density at radius 1 is 1.15 bits per heavy atom. The first kappa shape index (κ1) is 14.6. The van der Waals surface area contributed by atoms with Gasteiger partial charge in [0, 0.05) is 24.7 Å². The average Bonchev–Trinajstić information content (AvgIpc) is 2.46. The van der Waals surface area contributed by atoms with Gasteiger partial charge in [-0.05, 0) is 24.3 Å². The van der Waals surface area contributed by atoms with Crippen LogP contribution in [0.1, 0.15) is 25.6 Å². The van der Waals surface area contributed by atoms with Crippen LogP contribution in [-0.4, -0.2) is 24.1 Å². The van der Waals surface area contributed by atoms with Crippen molar-refractivity contribution in [1.82, 2.24) is 9.97 Å². The Bertz CT molecular complexity index is 584. The molecule has 106 valence electrons. The van der Waals surface area contributed by atoms with Gasteiger partial charge in [0.1, 0.15) is 22.5 Å². The fourth-order valence-electron chi connectivity index (χ4n) is 1.79. The molecule has 5 heteroatoms. The third-order valence-corrected chi connectivity index (χ3v) is 3.21. The van der Waals surface area contributed by atoms with Crippen molar-refractivity contribution in [2.24, 2.45) is 0 Å². The van der Waals surface area contributed by atoms with Crippen LogP contribution in [0.2, 0.25) is 5.15 Å². The minimum atomic E-state index is 0.233. The number of ether oxygens (including phenoxy) is 1. The molecule has 0 atom stereocenters. The summed E-state index contributed by atoms with van der Waals surface area (Å²) in [5.74, 6) is 2.58. The number of anilines is 2. The van der Waals surface area contributed by atoms with Gasteiger partial charge < -0.3 is 9.64 Å². The monoisotopic (exact) mass is 291 g/mol. The maximum Gasteiger partial charge on any atom is 0.137 e. The number of methoxy groups -OCH3 is 1. The van der Waals surface area contributed by atoms with Gasteiger partial charge in [-0.1, -0.05) is 25.4 Å². The van der Waals surface area contributed by atoms with Gasteiger partial charge in [0.2, 0.25) is 0 Å². The van der Waals surface area contributed by atoms with Crippen molar-refractivity contribution < 1.29 is 4.74 Å². The molecule has 20 heavy (non-hydrogen) atoms. The van der Waals surface area contributed by atoms with Crippen LogP contribution in [0, 0.1) is 0 Å². The summed E-state index contributed by atoms with van der Waals surface area (Å²) >= 11 is 6.08. The topological polar surface area (TPSA) is 38.2 Å². The summed E-state index contributed by atoms with van der Waals surface area (Å²) in [7, 11) is 3.60. The zero-order valence-corrected chi connectivity index (χ0v) is 12.8. The second-order valence-corrected chi connectivity index (χ2v) is 5.21. The second-order valence-electron chi connectivity index (χ2n) is 4.82. The molecule has 4 nitrogen and oxygen atoms in total. The average molecular weight is 292 g/mol. The molecule has 1 heterocycles. The summed E-state index contributed by atoms with van der Waals surface area (Å²) < 4.78 is 5.16. The van der Waals surface area contributed by atoms with Gasteiger partial charge in [0.15, 0.2) is 0 Å². The van der Waals surface area contributed by atoms with E-state index in [9.17, 15) is 0 Å². The molecule has 2 rings (SSSR count). The lowest BCUT2D eigenvalue weighted by Crippen LogP contribution is -2.13. The highest BCUT2D eigenvalue weighted by Gasteiger charge is 2.11. The lowest BCUT2D eigenvalue weighted by atomic mass is 10.2. The summed E-state index contributed by atoms with van der Waals surface area (Å²) in [6, 6.07) is 9.54. The van der Waals surface area contributed by atoms with Gasteiger partial charge in [0.25, 0.3) is 0 Å². The molecule has 0 aliphatic heterocycles. The third-order valence-electron chi connectivity index (χ3n) is 3.02. The molecular formula is C15H18ClN3O. The number of hydrogen-bond donors (Lipinski definition) is 0. The van der Waals surface area contributed by atoms with Crippen molar-refractivity contribution in [3.05, 3.63) is 41.3 Å². The molecule has 2 aromatic rings. The standard InChI is InChI=1S/C15H18ClN3O/c1-10(2)15-17-13(16)9-14(18-15)19(3)11-5-7-12(20-4)8-6-11/h5-10H,1-4H3. The largest absolute Gasteiger partial charge is 0.497 e. The number of hydrogen-bond acceptors (Lipinski definition) is 4. The molecule has 0 N–H and O–H groups in total. The molecule has 0 spiro atoms. The first-order valence-corrected chi connectivity index (χ1v) is 6.81. The molecule has 0 saturated heterocycles. The van der Waals surface area contributed by atoms with Crippen molar-refractivity contribution in [2.75, 3.05) is 19.1 Å². The van der Waals surface area contributed by atoms with E-state index < -0.39 is 0 Å². The molecule has 0 unspecified atom stereocenters. The molecule has 0 saturated carbocycles. The SMILES string of the molecule is COc1ccc(N(C)c2cc(Cl)nc(C(C)C)n2)cc1. The van der Waals surface area contributed by atoms with Gasteiger partial charge in [-0.15, -0.1) is 0 Å². The Morgan fingerprint density at radius 2 is 1.80 bits per heavy atom. The zero-order valence-electron chi connectivity index (χ0n) is 12.1. The Morgan fingerprint density at radius 3 is 2.35 bits per heavy atom. The highest BCUT2D eigenvalue weighted by molar-refractivity contribution is 6.29. The Labute approximate surface area is 124 Å². The van der Waals surface area contributed by atoms with Gasteiger partial charge in [-0.3, -0.25) is 0 Å². The van der Waals surface area contributed by atoms with Gasteiger partial charge >= 0.3 is 0 Å². The summed E-state index contributed by atoms with van der Waals surface area (Å²) in [6.07, 6.45) is 0. The Kier molecular flexibility index (Phi) is 4.45. The lowest BCUT2D eigenvalue weighted by molar-refractivity contribution is 0.415. The number of aromatic nitrogens is 2. The molecule has 0 fully saturated rings. The maximum absolute atomic E-state index is 6.08. The van der Waals surface area contributed by atoms with Crippen LogP contribution in [0.25, 0.3) is 0 Å². The highest BCUT2D eigenvalue weighted by Crippen LogP contribution is 2.26. The molecule has 1 aromatic carbocycles. The van der Waals surface area contributed by atoms with Crippen molar-refractivity contribution in [1.29, 1.82) is 0 Å². The molecule has 0 bridgehead atoms. The molecule has 1 aromatic heterocycles. The Balaban J connectivity index is 2.34. The number of nitrogens with zero attached hydrogens (tertiary/aromatic N) is 3. The summed E-state index contributed by atoms with van der Waals surface area (Å²) in [5, 5.41) is 0.457. The van der Waals surface area contributed by atoms with E-state index in [0.29, 0.717) is 5.15 Å². The summed E-state index contributed by atoms with van der Waals surface area (Å²) in [6.45, 7) is 4.09. The summed E-state index contributed by atoms with van der Waals surface area (Å²) in [4.78, 5) is 10.8. The molecule has 0 aliphatic carbocycles. The van der Waals surface area contributed by atoms with E-state index in [4.69, 9.17) is 16.3 Å². The molecule has 0 aliphatic rings. The van der Waals surface area contributed by atoms with Crippen molar-refractivity contribution >= 4 is 23.1 Å². The minimum absolute atomic E-state index is 0.233. The predicted octanol–water partition coefficient (Wildman–Crippen LogP) is 4.03. The van der Waals surface area contributed by atoms with E-state index in [0.717, 1.165) is 23.1 Å². The van der Waals surface area contributed by atoms with Crippen LogP contribution < -0.4 is 9.64 Å². The van der Waals surface area contributed by atoms with E-state index in [1.165, 1.54) is 0 Å². The smallest absolute Gasteiger partial charge is 0.137 e. The van der Waals surface area contributed by atoms with Crippen LogP contribution in [0.5, 0.6) is 5.75 Å². The minimum Gasteiger partial charge on any atom is -0.497 e. The fraction of sp³-hybridized carbons (Fsp3) is 0.333.